The minimum atomic E-state index is -0.331. The molecule has 0 bridgehead atoms. The molecule has 0 heterocycles. The Bertz CT molecular complexity index is 563. The van der Waals surface area contributed by atoms with Gasteiger partial charge >= 0.3 is 0 Å². The maximum absolute atomic E-state index is 6.17. The number of rotatable bonds is 6. The Morgan fingerprint density at radius 2 is 1.52 bits per heavy atom. The molecule has 0 fully saturated rings. The fourth-order valence-electron chi connectivity index (χ4n) is 1.92. The Balaban J connectivity index is 2.04. The number of benzene rings is 2. The molecule has 0 amide bonds. The third-order valence-electron chi connectivity index (χ3n) is 3.03. The average Bonchev–Trinajstić information content (AvgIpc) is 2.49. The third-order valence-corrected chi connectivity index (χ3v) is 4.77. The Hall–Kier alpha value is -0.710. The number of hydrogen-bond acceptors (Lipinski definition) is 3. The van der Waals surface area contributed by atoms with E-state index in [2.05, 4.69) is 0 Å². The maximum atomic E-state index is 6.17. The van der Waals surface area contributed by atoms with Crippen molar-refractivity contribution in [3.8, 4) is 0 Å². The molecule has 0 radical (unpaired) electrons. The maximum Gasteiger partial charge on any atom is 0.183 e. The predicted molar refractivity (Wildman–Crippen MR) is 89.2 cm³/mol. The van der Waals surface area contributed by atoms with Gasteiger partial charge in [-0.1, -0.05) is 41.4 Å². The number of thioether (sulfide) groups is 1. The van der Waals surface area contributed by atoms with Gasteiger partial charge < -0.3 is 9.47 Å². The van der Waals surface area contributed by atoms with Crippen LogP contribution in [0.25, 0.3) is 0 Å². The third kappa shape index (κ3) is 4.38. The molecule has 0 aliphatic carbocycles. The Labute approximate surface area is 139 Å². The van der Waals surface area contributed by atoms with Crippen LogP contribution < -0.4 is 0 Å². The summed E-state index contributed by atoms with van der Waals surface area (Å²) in [7, 11) is 3.24. The molecule has 0 spiro atoms. The second kappa shape index (κ2) is 8.06. The SMILES string of the molecule is COC(OC)c1ccc(SCc2c(Cl)cccc2Cl)cc1. The summed E-state index contributed by atoms with van der Waals surface area (Å²) in [4.78, 5) is 1.14. The Morgan fingerprint density at radius 3 is 2.05 bits per heavy atom. The van der Waals surface area contributed by atoms with Crippen LogP contribution in [0.15, 0.2) is 47.4 Å². The van der Waals surface area contributed by atoms with Crippen LogP contribution in [0.1, 0.15) is 17.4 Å². The van der Waals surface area contributed by atoms with Crippen LogP contribution in [0.3, 0.4) is 0 Å². The summed E-state index contributed by atoms with van der Waals surface area (Å²) in [6.07, 6.45) is -0.331. The average molecular weight is 343 g/mol. The lowest BCUT2D eigenvalue weighted by Gasteiger charge is -2.14. The van der Waals surface area contributed by atoms with Crippen molar-refractivity contribution in [2.45, 2.75) is 16.9 Å². The first-order valence-electron chi connectivity index (χ1n) is 6.37. The zero-order chi connectivity index (χ0) is 15.2. The van der Waals surface area contributed by atoms with E-state index in [1.807, 2.05) is 42.5 Å². The van der Waals surface area contributed by atoms with Crippen LogP contribution >= 0.6 is 35.0 Å². The van der Waals surface area contributed by atoms with E-state index >= 15 is 0 Å². The van der Waals surface area contributed by atoms with Crippen LogP contribution in [0.2, 0.25) is 10.0 Å². The first-order valence-corrected chi connectivity index (χ1v) is 8.11. The molecule has 0 atom stereocenters. The van der Waals surface area contributed by atoms with Crippen molar-refractivity contribution in [3.05, 3.63) is 63.6 Å². The van der Waals surface area contributed by atoms with Crippen molar-refractivity contribution < 1.29 is 9.47 Å². The van der Waals surface area contributed by atoms with Gasteiger partial charge in [0.2, 0.25) is 0 Å². The fraction of sp³-hybridized carbons (Fsp3) is 0.250. The summed E-state index contributed by atoms with van der Waals surface area (Å²) >= 11 is 14.0. The van der Waals surface area contributed by atoms with E-state index < -0.39 is 0 Å². The topological polar surface area (TPSA) is 18.5 Å². The van der Waals surface area contributed by atoms with Crippen molar-refractivity contribution >= 4 is 35.0 Å². The first-order chi connectivity index (χ1) is 10.2. The van der Waals surface area contributed by atoms with Crippen LogP contribution in [-0.4, -0.2) is 14.2 Å². The van der Waals surface area contributed by atoms with E-state index in [9.17, 15) is 0 Å². The minimum Gasteiger partial charge on any atom is -0.352 e. The first kappa shape index (κ1) is 16.7. The molecule has 0 aliphatic heterocycles. The monoisotopic (exact) mass is 342 g/mol. The molecule has 5 heteroatoms. The lowest BCUT2D eigenvalue weighted by Crippen LogP contribution is -2.02. The van der Waals surface area contributed by atoms with Crippen molar-refractivity contribution in [2.24, 2.45) is 0 Å². The number of halogens is 2. The molecule has 2 nitrogen and oxygen atoms in total. The normalized spacial score (nSPS) is 11.1. The molecule has 0 saturated heterocycles. The summed E-state index contributed by atoms with van der Waals surface area (Å²) < 4.78 is 10.4. The van der Waals surface area contributed by atoms with Gasteiger partial charge in [0.1, 0.15) is 0 Å². The van der Waals surface area contributed by atoms with Gasteiger partial charge in [0.25, 0.3) is 0 Å². The fourth-order valence-corrected chi connectivity index (χ4v) is 3.56. The number of hydrogen-bond donors (Lipinski definition) is 0. The zero-order valence-electron chi connectivity index (χ0n) is 11.8. The van der Waals surface area contributed by atoms with E-state index in [0.29, 0.717) is 10.0 Å². The molecule has 21 heavy (non-hydrogen) atoms. The highest BCUT2D eigenvalue weighted by Crippen LogP contribution is 2.32. The second-order valence-electron chi connectivity index (χ2n) is 4.36. The van der Waals surface area contributed by atoms with Gasteiger partial charge in [0.15, 0.2) is 6.29 Å². The van der Waals surface area contributed by atoms with Gasteiger partial charge in [0, 0.05) is 40.5 Å². The summed E-state index contributed by atoms with van der Waals surface area (Å²) in [5.74, 6) is 0.732. The molecule has 0 aromatic heterocycles. The van der Waals surface area contributed by atoms with Crippen LogP contribution in [0.4, 0.5) is 0 Å². The van der Waals surface area contributed by atoms with Gasteiger partial charge in [-0.05, 0) is 29.8 Å². The van der Waals surface area contributed by atoms with E-state index in [0.717, 1.165) is 21.8 Å². The molecule has 0 aliphatic rings. The van der Waals surface area contributed by atoms with E-state index in [1.54, 1.807) is 26.0 Å². The number of methoxy groups -OCH3 is 2. The smallest absolute Gasteiger partial charge is 0.183 e. The molecule has 0 unspecified atom stereocenters. The minimum absolute atomic E-state index is 0.331. The van der Waals surface area contributed by atoms with Crippen molar-refractivity contribution in [1.29, 1.82) is 0 Å². The highest BCUT2D eigenvalue weighted by Gasteiger charge is 2.09. The molecule has 2 rings (SSSR count). The van der Waals surface area contributed by atoms with Gasteiger partial charge in [-0.15, -0.1) is 11.8 Å². The summed E-state index contributed by atoms with van der Waals surface area (Å²) in [5, 5.41) is 1.40. The lowest BCUT2D eigenvalue weighted by molar-refractivity contribution is -0.106. The van der Waals surface area contributed by atoms with Crippen molar-refractivity contribution in [1.82, 2.24) is 0 Å². The van der Waals surface area contributed by atoms with Gasteiger partial charge in [-0.25, -0.2) is 0 Å². The zero-order valence-corrected chi connectivity index (χ0v) is 14.1. The molecule has 2 aromatic rings. The van der Waals surface area contributed by atoms with E-state index in [4.69, 9.17) is 32.7 Å². The van der Waals surface area contributed by atoms with Gasteiger partial charge in [-0.2, -0.15) is 0 Å². The Kier molecular flexibility index (Phi) is 6.40. The quantitative estimate of drug-likeness (QED) is 0.504. The summed E-state index contributed by atoms with van der Waals surface area (Å²) in [5.41, 5.74) is 1.95. The van der Waals surface area contributed by atoms with Crippen LogP contribution in [-0.2, 0) is 15.2 Å². The summed E-state index contributed by atoms with van der Waals surface area (Å²) in [6.45, 7) is 0. The molecule has 112 valence electrons. The highest BCUT2D eigenvalue weighted by molar-refractivity contribution is 7.98. The highest BCUT2D eigenvalue weighted by atomic mass is 35.5. The Morgan fingerprint density at radius 1 is 0.952 bits per heavy atom. The summed E-state index contributed by atoms with van der Waals surface area (Å²) in [6, 6.07) is 13.6. The molecular weight excluding hydrogens is 327 g/mol. The largest absolute Gasteiger partial charge is 0.352 e. The van der Waals surface area contributed by atoms with E-state index in [1.165, 1.54) is 0 Å². The molecule has 0 saturated carbocycles. The number of ether oxygens (including phenoxy) is 2. The van der Waals surface area contributed by atoms with Gasteiger partial charge in [0.05, 0.1) is 0 Å². The van der Waals surface area contributed by atoms with Crippen LogP contribution in [0, 0.1) is 0 Å². The molecule has 0 N–H and O–H groups in total. The standard InChI is InChI=1S/C16H16Cl2O2S/c1-19-16(20-2)11-6-8-12(9-7-11)21-10-13-14(17)4-3-5-15(13)18/h3-9,16H,10H2,1-2H3. The predicted octanol–water partition coefficient (Wildman–Crippen LogP) is 5.58. The molecule has 2 aromatic carbocycles. The van der Waals surface area contributed by atoms with Crippen LogP contribution in [0.5, 0.6) is 0 Å². The molecular formula is C16H16Cl2O2S. The lowest BCUT2D eigenvalue weighted by atomic mass is 10.2. The van der Waals surface area contributed by atoms with Crippen molar-refractivity contribution in [3.63, 3.8) is 0 Å². The second-order valence-corrected chi connectivity index (χ2v) is 6.22. The van der Waals surface area contributed by atoms with Crippen molar-refractivity contribution in [2.75, 3.05) is 14.2 Å². The van der Waals surface area contributed by atoms with E-state index in [-0.39, 0.29) is 6.29 Å². The van der Waals surface area contributed by atoms with Gasteiger partial charge in [-0.3, -0.25) is 0 Å².